The minimum absolute atomic E-state index is 0.0420. The molecule has 1 heterocycles. The predicted octanol–water partition coefficient (Wildman–Crippen LogP) is 1.38. The SMILES string of the molecule is O=C1CC(c2cccc(Cl)c2[N+](=O)[O-])C(=O)N1. The molecule has 0 bridgehead atoms. The fourth-order valence-corrected chi connectivity index (χ4v) is 2.06. The molecule has 88 valence electrons. The van der Waals surface area contributed by atoms with Gasteiger partial charge in [0.15, 0.2) is 0 Å². The van der Waals surface area contributed by atoms with Crippen LogP contribution in [0, 0.1) is 10.1 Å². The van der Waals surface area contributed by atoms with Gasteiger partial charge in [-0.15, -0.1) is 0 Å². The van der Waals surface area contributed by atoms with Crippen molar-refractivity contribution < 1.29 is 14.5 Å². The first-order chi connectivity index (χ1) is 8.00. The summed E-state index contributed by atoms with van der Waals surface area (Å²) in [6.45, 7) is 0. The molecule has 0 aromatic heterocycles. The van der Waals surface area contributed by atoms with Crippen LogP contribution in [0.2, 0.25) is 5.02 Å². The number of nitrogens with zero attached hydrogens (tertiary/aromatic N) is 1. The van der Waals surface area contributed by atoms with Crippen molar-refractivity contribution in [1.29, 1.82) is 0 Å². The molecule has 1 atom stereocenters. The quantitative estimate of drug-likeness (QED) is 0.490. The molecule has 1 N–H and O–H groups in total. The molecule has 0 saturated carbocycles. The van der Waals surface area contributed by atoms with Crippen LogP contribution in [0.25, 0.3) is 0 Å². The highest BCUT2D eigenvalue weighted by atomic mass is 35.5. The second-order valence-electron chi connectivity index (χ2n) is 3.60. The van der Waals surface area contributed by atoms with E-state index in [0.29, 0.717) is 0 Å². The summed E-state index contributed by atoms with van der Waals surface area (Å²) >= 11 is 5.73. The second-order valence-corrected chi connectivity index (χ2v) is 4.01. The summed E-state index contributed by atoms with van der Waals surface area (Å²) in [5.74, 6) is -1.80. The van der Waals surface area contributed by atoms with Gasteiger partial charge in [-0.1, -0.05) is 23.7 Å². The first-order valence-electron chi connectivity index (χ1n) is 4.77. The molecule has 1 aromatic carbocycles. The number of amides is 2. The molecule has 1 aliphatic heterocycles. The minimum Gasteiger partial charge on any atom is -0.296 e. The van der Waals surface area contributed by atoms with Gasteiger partial charge in [0.05, 0.1) is 10.8 Å². The Balaban J connectivity index is 2.52. The monoisotopic (exact) mass is 254 g/mol. The zero-order valence-electron chi connectivity index (χ0n) is 8.47. The molecule has 0 radical (unpaired) electrons. The number of nitro groups is 1. The molecule has 2 amide bonds. The van der Waals surface area contributed by atoms with Crippen molar-refractivity contribution in [1.82, 2.24) is 5.32 Å². The van der Waals surface area contributed by atoms with Gasteiger partial charge in [-0.05, 0) is 6.07 Å². The van der Waals surface area contributed by atoms with Crippen LogP contribution in [-0.2, 0) is 9.59 Å². The van der Waals surface area contributed by atoms with E-state index >= 15 is 0 Å². The Bertz CT molecular complexity index is 529. The molecule has 1 saturated heterocycles. The lowest BCUT2D eigenvalue weighted by atomic mass is 9.96. The van der Waals surface area contributed by atoms with Gasteiger partial charge in [-0.3, -0.25) is 25.0 Å². The van der Waals surface area contributed by atoms with E-state index in [1.807, 2.05) is 0 Å². The second kappa shape index (κ2) is 4.14. The number of para-hydroxylation sites is 1. The average Bonchev–Trinajstić information content (AvgIpc) is 2.56. The van der Waals surface area contributed by atoms with E-state index in [0.717, 1.165) is 0 Å². The fraction of sp³-hybridized carbons (Fsp3) is 0.200. The number of hydrogen-bond acceptors (Lipinski definition) is 4. The van der Waals surface area contributed by atoms with Gasteiger partial charge in [0.25, 0.3) is 5.69 Å². The Hall–Kier alpha value is -1.95. The number of nitro benzene ring substituents is 1. The number of nitrogens with one attached hydrogen (secondary N) is 1. The molecule has 0 aliphatic carbocycles. The maximum atomic E-state index is 11.5. The number of carbonyl (C=O) groups is 2. The Morgan fingerprint density at radius 3 is 2.65 bits per heavy atom. The van der Waals surface area contributed by atoms with Crippen LogP contribution in [0.15, 0.2) is 18.2 Å². The van der Waals surface area contributed by atoms with Gasteiger partial charge in [-0.2, -0.15) is 0 Å². The standard InChI is InChI=1S/C10H7ClN2O4/c11-7-3-1-2-5(9(7)13(16)17)6-4-8(14)12-10(6)15/h1-3,6H,4H2,(H,12,14,15). The molecule has 1 fully saturated rings. The topological polar surface area (TPSA) is 89.3 Å². The van der Waals surface area contributed by atoms with Gasteiger partial charge in [0, 0.05) is 12.0 Å². The average molecular weight is 255 g/mol. The summed E-state index contributed by atoms with van der Waals surface area (Å²) in [6, 6.07) is 4.32. The van der Waals surface area contributed by atoms with Crippen molar-refractivity contribution in [2.75, 3.05) is 0 Å². The van der Waals surface area contributed by atoms with E-state index in [4.69, 9.17) is 11.6 Å². The van der Waals surface area contributed by atoms with E-state index in [2.05, 4.69) is 5.32 Å². The fourth-order valence-electron chi connectivity index (χ4n) is 1.81. The van der Waals surface area contributed by atoms with Crippen molar-refractivity contribution in [3.05, 3.63) is 38.9 Å². The summed E-state index contributed by atoms with van der Waals surface area (Å²) in [5.41, 5.74) is -0.144. The van der Waals surface area contributed by atoms with Gasteiger partial charge in [-0.25, -0.2) is 0 Å². The van der Waals surface area contributed by atoms with Crippen LogP contribution in [-0.4, -0.2) is 16.7 Å². The van der Waals surface area contributed by atoms with Crippen molar-refractivity contribution in [3.8, 4) is 0 Å². The smallest absolute Gasteiger partial charge is 0.291 e. The lowest BCUT2D eigenvalue weighted by Gasteiger charge is -2.07. The number of hydrogen-bond donors (Lipinski definition) is 1. The van der Waals surface area contributed by atoms with Crippen molar-refractivity contribution in [2.45, 2.75) is 12.3 Å². The van der Waals surface area contributed by atoms with E-state index in [1.165, 1.54) is 18.2 Å². The zero-order valence-corrected chi connectivity index (χ0v) is 9.23. The summed E-state index contributed by atoms with van der Waals surface area (Å²) in [6.07, 6.45) is -0.0833. The zero-order chi connectivity index (χ0) is 12.6. The van der Waals surface area contributed by atoms with Crippen LogP contribution in [0.4, 0.5) is 5.69 Å². The Morgan fingerprint density at radius 1 is 1.41 bits per heavy atom. The molecule has 1 aliphatic rings. The Morgan fingerprint density at radius 2 is 2.12 bits per heavy atom. The van der Waals surface area contributed by atoms with Crippen LogP contribution >= 0.6 is 11.6 Å². The lowest BCUT2D eigenvalue weighted by molar-refractivity contribution is -0.385. The number of imide groups is 1. The molecule has 6 nitrogen and oxygen atoms in total. The van der Waals surface area contributed by atoms with Crippen molar-refractivity contribution >= 4 is 29.1 Å². The van der Waals surface area contributed by atoms with Gasteiger partial charge in [0.2, 0.25) is 11.8 Å². The third-order valence-electron chi connectivity index (χ3n) is 2.54. The van der Waals surface area contributed by atoms with E-state index in [1.54, 1.807) is 0 Å². The molecule has 0 spiro atoms. The molecule has 17 heavy (non-hydrogen) atoms. The molecule has 1 unspecified atom stereocenters. The third kappa shape index (κ3) is 1.99. The maximum absolute atomic E-state index is 11.5. The van der Waals surface area contributed by atoms with Crippen LogP contribution in [0.5, 0.6) is 0 Å². The summed E-state index contributed by atoms with van der Waals surface area (Å²) in [7, 11) is 0. The first kappa shape index (κ1) is 11.5. The number of rotatable bonds is 2. The highest BCUT2D eigenvalue weighted by molar-refractivity contribution is 6.32. The Labute approximate surface area is 101 Å². The summed E-state index contributed by atoms with van der Waals surface area (Å²) in [5, 5.41) is 13.0. The highest BCUT2D eigenvalue weighted by Crippen LogP contribution is 2.36. The van der Waals surface area contributed by atoms with E-state index < -0.39 is 22.7 Å². The molecule has 2 rings (SSSR count). The summed E-state index contributed by atoms with van der Waals surface area (Å²) < 4.78 is 0. The summed E-state index contributed by atoms with van der Waals surface area (Å²) in [4.78, 5) is 32.8. The normalized spacial score (nSPS) is 19.2. The third-order valence-corrected chi connectivity index (χ3v) is 2.85. The Kier molecular flexibility index (Phi) is 2.81. The number of carbonyl (C=O) groups excluding carboxylic acids is 2. The van der Waals surface area contributed by atoms with Gasteiger partial charge < -0.3 is 0 Å². The van der Waals surface area contributed by atoms with Gasteiger partial charge in [0.1, 0.15) is 5.02 Å². The number of benzene rings is 1. The largest absolute Gasteiger partial charge is 0.296 e. The first-order valence-corrected chi connectivity index (χ1v) is 5.15. The molecule has 7 heteroatoms. The number of halogens is 1. The maximum Gasteiger partial charge on any atom is 0.291 e. The van der Waals surface area contributed by atoms with Crippen LogP contribution in [0.3, 0.4) is 0 Å². The van der Waals surface area contributed by atoms with E-state index in [-0.39, 0.29) is 22.7 Å². The van der Waals surface area contributed by atoms with Gasteiger partial charge >= 0.3 is 0 Å². The van der Waals surface area contributed by atoms with Crippen LogP contribution in [0.1, 0.15) is 17.9 Å². The van der Waals surface area contributed by atoms with Crippen LogP contribution < -0.4 is 5.32 Å². The molecule has 1 aromatic rings. The highest BCUT2D eigenvalue weighted by Gasteiger charge is 2.36. The minimum atomic E-state index is -0.832. The predicted molar refractivity (Wildman–Crippen MR) is 58.6 cm³/mol. The molecular formula is C10H7ClN2O4. The van der Waals surface area contributed by atoms with E-state index in [9.17, 15) is 19.7 Å². The van der Waals surface area contributed by atoms with Crippen molar-refractivity contribution in [3.63, 3.8) is 0 Å². The molecular weight excluding hydrogens is 248 g/mol. The lowest BCUT2D eigenvalue weighted by Crippen LogP contribution is -2.21. The van der Waals surface area contributed by atoms with Crippen molar-refractivity contribution in [2.24, 2.45) is 0 Å².